The maximum Gasteiger partial charge on any atom is 0.416 e. The summed E-state index contributed by atoms with van der Waals surface area (Å²) in [5, 5.41) is 0.663. The minimum atomic E-state index is -4.53. The quantitative estimate of drug-likeness (QED) is 0.307. The third kappa shape index (κ3) is 5.83. The largest absolute Gasteiger partial charge is 0.496 e. The Kier molecular flexibility index (Phi) is 7.95. The molecule has 0 radical (unpaired) electrons. The molecular weight excluding hydrogens is 526 g/mol. The van der Waals surface area contributed by atoms with Crippen LogP contribution in [0.1, 0.15) is 54.5 Å². The van der Waals surface area contributed by atoms with Crippen LogP contribution in [0.15, 0.2) is 54.6 Å². The number of cyclic esters (lactones) is 1. The number of hydrogen-bond donors (Lipinski definition) is 0. The van der Waals surface area contributed by atoms with Gasteiger partial charge in [-0.3, -0.25) is 0 Å². The van der Waals surface area contributed by atoms with Gasteiger partial charge < -0.3 is 14.4 Å². The van der Waals surface area contributed by atoms with E-state index in [2.05, 4.69) is 0 Å². The first kappa shape index (κ1) is 27.1. The maximum atomic E-state index is 13.6. The van der Waals surface area contributed by atoms with Crippen molar-refractivity contribution in [2.75, 3.05) is 13.7 Å². The van der Waals surface area contributed by atoms with E-state index in [0.29, 0.717) is 44.5 Å². The molecule has 196 valence electrons. The summed E-state index contributed by atoms with van der Waals surface area (Å²) < 4.78 is 52.0. The highest BCUT2D eigenvalue weighted by atomic mass is 35.5. The first-order valence-corrected chi connectivity index (χ1v) is 12.5. The molecule has 37 heavy (non-hydrogen) atoms. The predicted molar refractivity (Wildman–Crippen MR) is 138 cm³/mol. The van der Waals surface area contributed by atoms with Gasteiger partial charge in [0.05, 0.1) is 22.7 Å². The van der Waals surface area contributed by atoms with E-state index in [1.165, 1.54) is 18.1 Å². The van der Waals surface area contributed by atoms with Crippen LogP contribution in [0.3, 0.4) is 0 Å². The average Bonchev–Trinajstić information content (AvgIpc) is 2.86. The number of benzene rings is 3. The van der Waals surface area contributed by atoms with E-state index in [0.717, 1.165) is 17.7 Å². The summed E-state index contributed by atoms with van der Waals surface area (Å²) in [4.78, 5) is 14.4. The van der Waals surface area contributed by atoms with Gasteiger partial charge in [0, 0.05) is 30.6 Å². The number of alkyl halides is 3. The van der Waals surface area contributed by atoms with Crippen LogP contribution in [0.25, 0.3) is 11.1 Å². The summed E-state index contributed by atoms with van der Waals surface area (Å²) >= 11 is 12.4. The third-order valence-electron chi connectivity index (χ3n) is 6.46. The lowest BCUT2D eigenvalue weighted by Crippen LogP contribution is -2.38. The molecule has 1 saturated heterocycles. The third-order valence-corrected chi connectivity index (χ3v) is 7.30. The van der Waals surface area contributed by atoms with Gasteiger partial charge in [-0.1, -0.05) is 61.3 Å². The van der Waals surface area contributed by atoms with Crippen molar-refractivity contribution in [1.82, 2.24) is 4.90 Å². The van der Waals surface area contributed by atoms with Crippen molar-refractivity contribution in [3.63, 3.8) is 0 Å². The second-order valence-corrected chi connectivity index (χ2v) is 9.99. The Morgan fingerprint density at radius 2 is 1.84 bits per heavy atom. The van der Waals surface area contributed by atoms with Crippen molar-refractivity contribution < 1.29 is 27.4 Å². The van der Waals surface area contributed by atoms with Crippen molar-refractivity contribution in [3.8, 4) is 16.9 Å². The smallest absolute Gasteiger partial charge is 0.416 e. The standard InChI is InChI=1S/C28H26Cl2F3NO3/c1-16(2)17-7-10-24(36-3)22(14-17)20-9-8-19(28(31,32)33)13-18(20)15-34-12-11-25(37-27(34)35)21-5-4-6-23(29)26(21)30/h4-10,13-14,16,25H,11-12,15H2,1-3H3/t25-/m0/s1. The van der Waals surface area contributed by atoms with Crippen molar-refractivity contribution in [3.05, 3.63) is 86.9 Å². The summed E-state index contributed by atoms with van der Waals surface area (Å²) in [6.07, 6.45) is -5.36. The first-order valence-electron chi connectivity index (χ1n) is 11.8. The molecular formula is C28H26Cl2F3NO3. The van der Waals surface area contributed by atoms with E-state index in [-0.39, 0.29) is 19.0 Å². The van der Waals surface area contributed by atoms with Crippen LogP contribution >= 0.6 is 23.2 Å². The fourth-order valence-electron chi connectivity index (χ4n) is 4.42. The summed E-state index contributed by atoms with van der Waals surface area (Å²) in [5.41, 5.74) is 2.37. The van der Waals surface area contributed by atoms with Crippen molar-refractivity contribution in [1.29, 1.82) is 0 Å². The minimum Gasteiger partial charge on any atom is -0.496 e. The van der Waals surface area contributed by atoms with Crippen LogP contribution in [-0.2, 0) is 17.5 Å². The van der Waals surface area contributed by atoms with E-state index < -0.39 is 23.9 Å². The van der Waals surface area contributed by atoms with Gasteiger partial charge in [0.1, 0.15) is 11.9 Å². The molecule has 0 N–H and O–H groups in total. The van der Waals surface area contributed by atoms with Crippen LogP contribution in [0.4, 0.5) is 18.0 Å². The van der Waals surface area contributed by atoms with Gasteiger partial charge in [-0.25, -0.2) is 4.79 Å². The Morgan fingerprint density at radius 3 is 2.49 bits per heavy atom. The molecule has 0 saturated carbocycles. The second-order valence-electron chi connectivity index (χ2n) is 9.21. The Morgan fingerprint density at radius 1 is 1.08 bits per heavy atom. The van der Waals surface area contributed by atoms with Gasteiger partial charge in [0.2, 0.25) is 0 Å². The molecule has 0 aromatic heterocycles. The molecule has 9 heteroatoms. The van der Waals surface area contributed by atoms with E-state index >= 15 is 0 Å². The van der Waals surface area contributed by atoms with Crippen LogP contribution in [0, 0.1) is 0 Å². The van der Waals surface area contributed by atoms with Gasteiger partial charge in [-0.2, -0.15) is 13.2 Å². The molecule has 3 aromatic carbocycles. The van der Waals surface area contributed by atoms with Gasteiger partial charge in [-0.05, 0) is 52.9 Å². The molecule has 1 heterocycles. The second kappa shape index (κ2) is 10.8. The monoisotopic (exact) mass is 551 g/mol. The Hall–Kier alpha value is -2.90. The molecule has 1 atom stereocenters. The number of nitrogens with zero attached hydrogens (tertiary/aromatic N) is 1. The van der Waals surface area contributed by atoms with Crippen LogP contribution in [0.2, 0.25) is 10.0 Å². The van der Waals surface area contributed by atoms with Gasteiger partial charge in [0.25, 0.3) is 0 Å². The minimum absolute atomic E-state index is 0.0663. The van der Waals surface area contributed by atoms with Gasteiger partial charge in [-0.15, -0.1) is 0 Å². The Labute approximate surface area is 223 Å². The van der Waals surface area contributed by atoms with E-state index in [1.54, 1.807) is 24.3 Å². The van der Waals surface area contributed by atoms with E-state index in [4.69, 9.17) is 32.7 Å². The number of ether oxygens (including phenoxy) is 2. The number of halogens is 5. The number of carbonyl (C=O) groups excluding carboxylic acids is 1. The lowest BCUT2D eigenvalue weighted by Gasteiger charge is -2.33. The van der Waals surface area contributed by atoms with Crippen LogP contribution < -0.4 is 4.74 Å². The molecule has 0 aliphatic carbocycles. The van der Waals surface area contributed by atoms with E-state index in [9.17, 15) is 18.0 Å². The molecule has 3 aromatic rings. The number of carbonyl (C=O) groups is 1. The highest BCUT2D eigenvalue weighted by molar-refractivity contribution is 6.42. The Bertz CT molecular complexity index is 1310. The summed E-state index contributed by atoms with van der Waals surface area (Å²) in [7, 11) is 1.51. The van der Waals surface area contributed by atoms with Crippen molar-refractivity contribution >= 4 is 29.3 Å². The summed E-state index contributed by atoms with van der Waals surface area (Å²) in [5.74, 6) is 0.733. The molecule has 0 bridgehead atoms. The zero-order valence-corrected chi connectivity index (χ0v) is 22.0. The zero-order valence-electron chi connectivity index (χ0n) is 20.5. The predicted octanol–water partition coefficient (Wildman–Crippen LogP) is 8.89. The number of hydrogen-bond acceptors (Lipinski definition) is 3. The van der Waals surface area contributed by atoms with Crippen molar-refractivity contribution in [2.45, 2.75) is 45.0 Å². The van der Waals surface area contributed by atoms with Crippen LogP contribution in [0.5, 0.6) is 5.75 Å². The van der Waals surface area contributed by atoms with Gasteiger partial charge >= 0.3 is 12.3 Å². The fourth-order valence-corrected chi connectivity index (χ4v) is 4.85. The average molecular weight is 552 g/mol. The van der Waals surface area contributed by atoms with Crippen molar-refractivity contribution in [2.24, 2.45) is 0 Å². The lowest BCUT2D eigenvalue weighted by atomic mass is 9.92. The molecule has 1 fully saturated rings. The normalized spacial score (nSPS) is 16.2. The van der Waals surface area contributed by atoms with Gasteiger partial charge in [0.15, 0.2) is 0 Å². The molecule has 1 aliphatic rings. The molecule has 1 amide bonds. The molecule has 1 aliphatic heterocycles. The summed E-state index contributed by atoms with van der Waals surface area (Å²) in [6, 6.07) is 14.3. The molecule has 0 unspecified atom stereocenters. The Balaban J connectivity index is 1.69. The molecule has 4 nitrogen and oxygen atoms in total. The first-order chi connectivity index (χ1) is 17.5. The zero-order chi connectivity index (χ0) is 26.9. The molecule has 4 rings (SSSR count). The number of amides is 1. The van der Waals surface area contributed by atoms with Crippen LogP contribution in [-0.4, -0.2) is 24.6 Å². The topological polar surface area (TPSA) is 38.8 Å². The fraction of sp³-hybridized carbons (Fsp3) is 0.321. The SMILES string of the molecule is COc1ccc(C(C)C)cc1-c1ccc(C(F)(F)F)cc1CN1CC[C@@H](c2cccc(Cl)c2Cl)OC1=O. The number of methoxy groups -OCH3 is 1. The highest BCUT2D eigenvalue weighted by Gasteiger charge is 2.33. The van der Waals surface area contributed by atoms with E-state index in [1.807, 2.05) is 26.0 Å². The maximum absolute atomic E-state index is 13.6. The number of rotatable bonds is 6. The molecule has 0 spiro atoms. The highest BCUT2D eigenvalue weighted by Crippen LogP contribution is 2.40. The lowest BCUT2D eigenvalue weighted by molar-refractivity contribution is -0.137. The summed E-state index contributed by atoms with van der Waals surface area (Å²) in [6.45, 7) is 4.27.